The fourth-order valence-electron chi connectivity index (χ4n) is 3.21. The van der Waals surface area contributed by atoms with Crippen LogP contribution in [-0.2, 0) is 0 Å². The van der Waals surface area contributed by atoms with Crippen molar-refractivity contribution < 1.29 is 0 Å². The maximum atomic E-state index is 4.41. The standard InChI is InChI=1S/C20H26N4S2/c1-23(2)19-9-7-18(8-10-19)22-21-17-5-3-15(4-6-17)16-11-13-24(14-12-16)20(25)26/h3-10,16,20,25-26H,11-14H2,1-2H3. The zero-order valence-corrected chi connectivity index (χ0v) is 17.1. The number of likely N-dealkylation sites (tertiary alicyclic amines) is 1. The van der Waals surface area contributed by atoms with Crippen molar-refractivity contribution in [3.8, 4) is 0 Å². The van der Waals surface area contributed by atoms with E-state index in [2.05, 4.69) is 69.6 Å². The van der Waals surface area contributed by atoms with Crippen LogP contribution in [0.2, 0.25) is 0 Å². The third-order valence-electron chi connectivity index (χ3n) is 4.87. The van der Waals surface area contributed by atoms with E-state index in [9.17, 15) is 0 Å². The lowest BCUT2D eigenvalue weighted by molar-refractivity contribution is 0.235. The summed E-state index contributed by atoms with van der Waals surface area (Å²) in [5.74, 6) is 0.608. The van der Waals surface area contributed by atoms with Crippen molar-refractivity contribution >= 4 is 42.3 Å². The van der Waals surface area contributed by atoms with Crippen LogP contribution in [0.15, 0.2) is 58.8 Å². The van der Waals surface area contributed by atoms with Crippen molar-refractivity contribution in [2.24, 2.45) is 10.2 Å². The Labute approximate surface area is 167 Å². The van der Waals surface area contributed by atoms with Gasteiger partial charge in [0, 0.05) is 32.9 Å². The molecule has 1 aliphatic heterocycles. The minimum absolute atomic E-state index is 0.0468. The molecule has 26 heavy (non-hydrogen) atoms. The van der Waals surface area contributed by atoms with Crippen LogP contribution in [0.25, 0.3) is 0 Å². The Balaban J connectivity index is 1.59. The van der Waals surface area contributed by atoms with Gasteiger partial charge in [0.05, 0.1) is 16.1 Å². The van der Waals surface area contributed by atoms with E-state index >= 15 is 0 Å². The molecule has 0 aliphatic carbocycles. The molecule has 4 nitrogen and oxygen atoms in total. The number of hydrogen-bond acceptors (Lipinski definition) is 6. The largest absolute Gasteiger partial charge is 0.378 e. The summed E-state index contributed by atoms with van der Waals surface area (Å²) < 4.78 is 0.0468. The molecule has 6 heteroatoms. The number of hydrogen-bond donors (Lipinski definition) is 2. The second-order valence-corrected chi connectivity index (χ2v) is 8.24. The normalized spacial score (nSPS) is 16.5. The Morgan fingerprint density at radius 2 is 1.38 bits per heavy atom. The van der Waals surface area contributed by atoms with Gasteiger partial charge in [-0.2, -0.15) is 10.2 Å². The van der Waals surface area contributed by atoms with Crippen LogP contribution in [0.5, 0.6) is 0 Å². The van der Waals surface area contributed by atoms with Gasteiger partial charge in [0.1, 0.15) is 0 Å². The summed E-state index contributed by atoms with van der Waals surface area (Å²) >= 11 is 8.81. The molecule has 0 aromatic heterocycles. The van der Waals surface area contributed by atoms with Crippen molar-refractivity contribution in [2.75, 3.05) is 32.1 Å². The summed E-state index contributed by atoms with van der Waals surface area (Å²) in [7, 11) is 4.05. The number of anilines is 1. The van der Waals surface area contributed by atoms with Gasteiger partial charge in [0.25, 0.3) is 0 Å². The van der Waals surface area contributed by atoms with Crippen LogP contribution in [0, 0.1) is 0 Å². The van der Waals surface area contributed by atoms with Crippen LogP contribution < -0.4 is 4.90 Å². The molecule has 1 saturated heterocycles. The van der Waals surface area contributed by atoms with E-state index < -0.39 is 0 Å². The molecule has 2 aromatic rings. The third kappa shape index (κ3) is 5.02. The minimum Gasteiger partial charge on any atom is -0.378 e. The molecule has 1 heterocycles. The zero-order chi connectivity index (χ0) is 18.5. The molecule has 0 N–H and O–H groups in total. The molecule has 1 aliphatic rings. The highest BCUT2D eigenvalue weighted by Crippen LogP contribution is 2.31. The number of nitrogens with zero attached hydrogens (tertiary/aromatic N) is 4. The van der Waals surface area contributed by atoms with E-state index in [-0.39, 0.29) is 4.71 Å². The molecule has 0 saturated carbocycles. The first-order valence-electron chi connectivity index (χ1n) is 8.92. The van der Waals surface area contributed by atoms with Gasteiger partial charge in [-0.3, -0.25) is 4.90 Å². The predicted octanol–water partition coefficient (Wildman–Crippen LogP) is 5.49. The van der Waals surface area contributed by atoms with E-state index in [0.717, 1.165) is 43.0 Å². The number of rotatable bonds is 5. The average Bonchev–Trinajstić information content (AvgIpc) is 2.67. The molecule has 0 bridgehead atoms. The monoisotopic (exact) mass is 386 g/mol. The fraction of sp³-hybridized carbons (Fsp3) is 0.400. The van der Waals surface area contributed by atoms with Crippen LogP contribution in [-0.4, -0.2) is 36.8 Å². The first-order chi connectivity index (χ1) is 12.5. The van der Waals surface area contributed by atoms with Gasteiger partial charge < -0.3 is 4.90 Å². The van der Waals surface area contributed by atoms with E-state index in [1.807, 2.05) is 38.4 Å². The van der Waals surface area contributed by atoms with Gasteiger partial charge >= 0.3 is 0 Å². The quantitative estimate of drug-likeness (QED) is 0.404. The van der Waals surface area contributed by atoms with Crippen molar-refractivity contribution in [2.45, 2.75) is 23.5 Å². The summed E-state index contributed by atoms with van der Waals surface area (Å²) in [5, 5.41) is 8.69. The lowest BCUT2D eigenvalue weighted by Crippen LogP contribution is -2.35. The number of piperidine rings is 1. The van der Waals surface area contributed by atoms with E-state index in [1.165, 1.54) is 5.56 Å². The molecular formula is C20H26N4S2. The molecule has 2 aromatic carbocycles. The highest BCUT2D eigenvalue weighted by Gasteiger charge is 2.22. The molecule has 0 unspecified atom stereocenters. The molecule has 1 fully saturated rings. The SMILES string of the molecule is CN(C)c1ccc(N=Nc2ccc(C3CCN(C(S)S)CC3)cc2)cc1. The first-order valence-corrected chi connectivity index (χ1v) is 9.95. The van der Waals surface area contributed by atoms with Crippen molar-refractivity contribution in [1.29, 1.82) is 0 Å². The molecule has 0 spiro atoms. The van der Waals surface area contributed by atoms with E-state index in [4.69, 9.17) is 0 Å². The van der Waals surface area contributed by atoms with Crippen LogP contribution in [0.4, 0.5) is 17.1 Å². The first kappa shape index (κ1) is 19.3. The Hall–Kier alpha value is -1.50. The summed E-state index contributed by atoms with van der Waals surface area (Å²) in [5.41, 5.74) is 4.28. The van der Waals surface area contributed by atoms with Gasteiger partial charge in [0.2, 0.25) is 0 Å². The molecule has 3 rings (SSSR count). The second-order valence-electron chi connectivity index (χ2n) is 6.86. The highest BCUT2D eigenvalue weighted by molar-refractivity contribution is 7.99. The molecule has 0 amide bonds. The summed E-state index contributed by atoms with van der Waals surface area (Å²) in [6.07, 6.45) is 2.30. The van der Waals surface area contributed by atoms with Crippen LogP contribution in [0.3, 0.4) is 0 Å². The zero-order valence-electron chi connectivity index (χ0n) is 15.3. The van der Waals surface area contributed by atoms with Crippen molar-refractivity contribution in [3.05, 3.63) is 54.1 Å². The Morgan fingerprint density at radius 1 is 0.885 bits per heavy atom. The van der Waals surface area contributed by atoms with Gasteiger partial charge in [0.15, 0.2) is 0 Å². The van der Waals surface area contributed by atoms with Gasteiger partial charge in [-0.25, -0.2) is 0 Å². The second kappa shape index (κ2) is 8.93. The van der Waals surface area contributed by atoms with E-state index in [0.29, 0.717) is 5.92 Å². The summed E-state index contributed by atoms with van der Waals surface area (Å²) in [6.45, 7) is 2.10. The Kier molecular flexibility index (Phi) is 6.62. The maximum Gasteiger partial charge on any atom is 0.0969 e. The van der Waals surface area contributed by atoms with Crippen LogP contribution >= 0.6 is 25.3 Å². The minimum atomic E-state index is 0.0468. The maximum absolute atomic E-state index is 4.41. The smallest absolute Gasteiger partial charge is 0.0969 e. The lowest BCUT2D eigenvalue weighted by Gasteiger charge is -2.33. The highest BCUT2D eigenvalue weighted by atomic mass is 32.2. The Bertz CT molecular complexity index is 718. The van der Waals surface area contributed by atoms with Gasteiger partial charge in [-0.05, 0) is 60.7 Å². The molecular weight excluding hydrogens is 360 g/mol. The number of benzene rings is 2. The van der Waals surface area contributed by atoms with Crippen molar-refractivity contribution in [3.63, 3.8) is 0 Å². The van der Waals surface area contributed by atoms with E-state index in [1.54, 1.807) is 0 Å². The lowest BCUT2D eigenvalue weighted by atomic mass is 9.89. The predicted molar refractivity (Wildman–Crippen MR) is 117 cm³/mol. The molecule has 0 radical (unpaired) electrons. The van der Waals surface area contributed by atoms with Gasteiger partial charge in [-0.1, -0.05) is 12.1 Å². The fourth-order valence-corrected chi connectivity index (χ4v) is 3.67. The topological polar surface area (TPSA) is 31.2 Å². The third-order valence-corrected chi connectivity index (χ3v) is 5.52. The number of azo groups is 1. The Morgan fingerprint density at radius 3 is 1.85 bits per heavy atom. The summed E-state index contributed by atoms with van der Waals surface area (Å²) in [4.78, 5) is 4.36. The van der Waals surface area contributed by atoms with Crippen LogP contribution in [0.1, 0.15) is 24.3 Å². The molecule has 138 valence electrons. The molecule has 0 atom stereocenters. The average molecular weight is 387 g/mol. The summed E-state index contributed by atoms with van der Waals surface area (Å²) in [6, 6.07) is 16.5. The van der Waals surface area contributed by atoms with Crippen molar-refractivity contribution in [1.82, 2.24) is 4.90 Å². The number of thiol groups is 2. The van der Waals surface area contributed by atoms with Gasteiger partial charge in [-0.15, -0.1) is 25.3 Å².